The highest BCUT2D eigenvalue weighted by Crippen LogP contribution is 2.06. The summed E-state index contributed by atoms with van der Waals surface area (Å²) in [5.41, 5.74) is 1.23. The fourth-order valence-corrected chi connectivity index (χ4v) is 1.69. The van der Waals surface area contributed by atoms with Gasteiger partial charge >= 0.3 is 5.97 Å². The topological polar surface area (TPSA) is 38.3 Å². The Kier molecular flexibility index (Phi) is 5.57. The largest absolute Gasteiger partial charge is 0.469 e. The number of ether oxygens (including phenoxy) is 1. The second-order valence-corrected chi connectivity index (χ2v) is 3.72. The minimum Gasteiger partial charge on any atom is -0.469 e. The molecule has 0 fully saturated rings. The zero-order valence-corrected chi connectivity index (χ0v) is 9.90. The molecule has 0 heterocycles. The summed E-state index contributed by atoms with van der Waals surface area (Å²) in [6.07, 6.45) is 1.27. The minimum atomic E-state index is -0.165. The van der Waals surface area contributed by atoms with Gasteiger partial charge in [0.15, 0.2) is 0 Å². The van der Waals surface area contributed by atoms with Crippen molar-refractivity contribution in [2.45, 2.75) is 25.8 Å². The van der Waals surface area contributed by atoms with Gasteiger partial charge < -0.3 is 10.1 Å². The SMILES string of the molecule is CCNC(CC(=O)OC)Cc1ccccc1. The highest BCUT2D eigenvalue weighted by molar-refractivity contribution is 5.69. The van der Waals surface area contributed by atoms with Gasteiger partial charge in [0.05, 0.1) is 13.5 Å². The summed E-state index contributed by atoms with van der Waals surface area (Å²) >= 11 is 0. The van der Waals surface area contributed by atoms with Gasteiger partial charge in [-0.1, -0.05) is 37.3 Å². The molecular formula is C13H19NO2. The summed E-state index contributed by atoms with van der Waals surface area (Å²) in [5, 5.41) is 3.30. The molecule has 0 aliphatic rings. The van der Waals surface area contributed by atoms with Crippen LogP contribution < -0.4 is 5.32 Å². The van der Waals surface area contributed by atoms with Gasteiger partial charge in [0.2, 0.25) is 0 Å². The molecule has 3 heteroatoms. The molecular weight excluding hydrogens is 202 g/mol. The highest BCUT2D eigenvalue weighted by atomic mass is 16.5. The van der Waals surface area contributed by atoms with Crippen molar-refractivity contribution in [3.8, 4) is 0 Å². The number of nitrogens with one attached hydrogen (secondary N) is 1. The molecule has 1 unspecified atom stereocenters. The van der Waals surface area contributed by atoms with Crippen molar-refractivity contribution in [1.82, 2.24) is 5.32 Å². The monoisotopic (exact) mass is 221 g/mol. The van der Waals surface area contributed by atoms with Gasteiger partial charge in [0.1, 0.15) is 0 Å². The van der Waals surface area contributed by atoms with Crippen molar-refractivity contribution in [1.29, 1.82) is 0 Å². The Morgan fingerprint density at radius 2 is 2.06 bits per heavy atom. The van der Waals surface area contributed by atoms with Crippen LogP contribution in [-0.4, -0.2) is 25.7 Å². The predicted octanol–water partition coefficient (Wildman–Crippen LogP) is 1.77. The summed E-state index contributed by atoms with van der Waals surface area (Å²) in [6.45, 7) is 2.89. The third-order valence-corrected chi connectivity index (χ3v) is 2.46. The first-order chi connectivity index (χ1) is 7.76. The number of rotatable bonds is 6. The molecule has 3 nitrogen and oxygen atoms in total. The molecule has 1 N–H and O–H groups in total. The number of carbonyl (C=O) groups excluding carboxylic acids is 1. The molecule has 88 valence electrons. The smallest absolute Gasteiger partial charge is 0.307 e. The fraction of sp³-hybridized carbons (Fsp3) is 0.462. The molecule has 0 aliphatic heterocycles. The highest BCUT2D eigenvalue weighted by Gasteiger charge is 2.13. The standard InChI is InChI=1S/C13H19NO2/c1-3-14-12(10-13(15)16-2)9-11-7-5-4-6-8-11/h4-8,12,14H,3,9-10H2,1-2H3. The quantitative estimate of drug-likeness (QED) is 0.744. The van der Waals surface area contributed by atoms with Gasteiger partial charge in [0, 0.05) is 6.04 Å². The van der Waals surface area contributed by atoms with Crippen LogP contribution in [0.4, 0.5) is 0 Å². The van der Waals surface area contributed by atoms with Crippen LogP contribution in [0, 0.1) is 0 Å². The van der Waals surface area contributed by atoms with E-state index < -0.39 is 0 Å². The molecule has 1 atom stereocenters. The van der Waals surface area contributed by atoms with E-state index in [4.69, 9.17) is 0 Å². The van der Waals surface area contributed by atoms with E-state index in [1.54, 1.807) is 0 Å². The van der Waals surface area contributed by atoms with Crippen LogP contribution in [0.15, 0.2) is 30.3 Å². The van der Waals surface area contributed by atoms with Crippen LogP contribution in [0.25, 0.3) is 0 Å². The average molecular weight is 221 g/mol. The third-order valence-electron chi connectivity index (χ3n) is 2.46. The second-order valence-electron chi connectivity index (χ2n) is 3.72. The van der Waals surface area contributed by atoms with Crippen molar-refractivity contribution in [3.63, 3.8) is 0 Å². The molecule has 0 saturated heterocycles. The number of hydrogen-bond donors (Lipinski definition) is 1. The van der Waals surface area contributed by atoms with Crippen molar-refractivity contribution in [3.05, 3.63) is 35.9 Å². The summed E-state index contributed by atoms with van der Waals surface area (Å²) in [6, 6.07) is 10.3. The average Bonchev–Trinajstić information content (AvgIpc) is 2.30. The maximum absolute atomic E-state index is 11.2. The van der Waals surface area contributed by atoms with Gasteiger partial charge in [0.25, 0.3) is 0 Å². The Labute approximate surface area is 96.8 Å². The van der Waals surface area contributed by atoms with Gasteiger partial charge in [-0.05, 0) is 18.5 Å². The van der Waals surface area contributed by atoms with Crippen LogP contribution in [0.1, 0.15) is 18.9 Å². The lowest BCUT2D eigenvalue weighted by Crippen LogP contribution is -2.33. The molecule has 0 spiro atoms. The van der Waals surface area contributed by atoms with Crippen molar-refractivity contribution < 1.29 is 9.53 Å². The molecule has 1 aromatic carbocycles. The molecule has 1 rings (SSSR count). The molecule has 0 amide bonds. The molecule has 16 heavy (non-hydrogen) atoms. The van der Waals surface area contributed by atoms with Crippen LogP contribution in [0.3, 0.4) is 0 Å². The van der Waals surface area contributed by atoms with E-state index in [9.17, 15) is 4.79 Å². The van der Waals surface area contributed by atoms with E-state index in [0.29, 0.717) is 6.42 Å². The molecule has 0 radical (unpaired) electrons. The summed E-state index contributed by atoms with van der Waals surface area (Å²) < 4.78 is 4.69. The lowest BCUT2D eigenvalue weighted by molar-refractivity contribution is -0.141. The lowest BCUT2D eigenvalue weighted by Gasteiger charge is -2.16. The Bertz CT molecular complexity index is 311. The fourth-order valence-electron chi connectivity index (χ4n) is 1.69. The number of carbonyl (C=O) groups is 1. The maximum atomic E-state index is 11.2. The Morgan fingerprint density at radius 3 is 2.62 bits per heavy atom. The minimum absolute atomic E-state index is 0.153. The van der Waals surface area contributed by atoms with Gasteiger partial charge in [-0.3, -0.25) is 4.79 Å². The number of esters is 1. The van der Waals surface area contributed by atoms with E-state index in [2.05, 4.69) is 22.2 Å². The van der Waals surface area contributed by atoms with E-state index in [1.807, 2.05) is 25.1 Å². The maximum Gasteiger partial charge on any atom is 0.307 e. The number of likely N-dealkylation sites (N-methyl/N-ethyl adjacent to an activating group) is 1. The van der Waals surface area contributed by atoms with E-state index in [0.717, 1.165) is 13.0 Å². The van der Waals surface area contributed by atoms with Gasteiger partial charge in [-0.15, -0.1) is 0 Å². The van der Waals surface area contributed by atoms with Crippen molar-refractivity contribution >= 4 is 5.97 Å². The Morgan fingerprint density at radius 1 is 1.38 bits per heavy atom. The normalized spacial score (nSPS) is 12.1. The first kappa shape index (κ1) is 12.7. The molecule has 0 aliphatic carbocycles. The molecule has 0 saturated carbocycles. The first-order valence-electron chi connectivity index (χ1n) is 5.60. The van der Waals surface area contributed by atoms with Crippen LogP contribution >= 0.6 is 0 Å². The van der Waals surface area contributed by atoms with Crippen LogP contribution in [0.2, 0.25) is 0 Å². The van der Waals surface area contributed by atoms with Crippen LogP contribution in [-0.2, 0) is 16.0 Å². The van der Waals surface area contributed by atoms with E-state index in [1.165, 1.54) is 12.7 Å². The third kappa shape index (κ3) is 4.45. The van der Waals surface area contributed by atoms with Gasteiger partial charge in [-0.2, -0.15) is 0 Å². The molecule has 0 bridgehead atoms. The first-order valence-corrected chi connectivity index (χ1v) is 5.60. The van der Waals surface area contributed by atoms with Crippen molar-refractivity contribution in [2.75, 3.05) is 13.7 Å². The zero-order chi connectivity index (χ0) is 11.8. The Hall–Kier alpha value is -1.35. The summed E-state index contributed by atoms with van der Waals surface area (Å²) in [7, 11) is 1.42. The summed E-state index contributed by atoms with van der Waals surface area (Å²) in [5.74, 6) is -0.165. The number of methoxy groups -OCH3 is 1. The Balaban J connectivity index is 2.54. The second kappa shape index (κ2) is 7.01. The summed E-state index contributed by atoms with van der Waals surface area (Å²) in [4.78, 5) is 11.2. The number of benzene rings is 1. The predicted molar refractivity (Wildman–Crippen MR) is 64.2 cm³/mol. The van der Waals surface area contributed by atoms with Crippen molar-refractivity contribution in [2.24, 2.45) is 0 Å². The lowest BCUT2D eigenvalue weighted by atomic mass is 10.0. The van der Waals surface area contributed by atoms with E-state index >= 15 is 0 Å². The number of hydrogen-bond acceptors (Lipinski definition) is 3. The van der Waals surface area contributed by atoms with E-state index in [-0.39, 0.29) is 12.0 Å². The molecule has 1 aromatic rings. The van der Waals surface area contributed by atoms with Crippen LogP contribution in [0.5, 0.6) is 0 Å². The molecule has 0 aromatic heterocycles. The zero-order valence-electron chi connectivity index (χ0n) is 9.90. The van der Waals surface area contributed by atoms with Gasteiger partial charge in [-0.25, -0.2) is 0 Å².